The second kappa shape index (κ2) is 12.2. The Balaban J connectivity index is 2.44. The molecule has 1 aliphatic rings. The van der Waals surface area contributed by atoms with Crippen molar-refractivity contribution in [2.24, 2.45) is 5.92 Å². The maximum atomic E-state index is 14.1. The fraction of sp³-hybridized carbons (Fsp3) is 0.667. The first-order valence-corrected chi connectivity index (χ1v) is 12.6. The number of carbonyl (C=O) groups excluding carboxylic acids is 3. The monoisotopic (exact) mass is 473 g/mol. The average molecular weight is 474 g/mol. The lowest BCUT2D eigenvalue weighted by Crippen LogP contribution is -2.59. The molecule has 2 unspecified atom stereocenters. The second-order valence-corrected chi connectivity index (χ2v) is 10.6. The Hall–Kier alpha value is -2.57. The van der Waals surface area contributed by atoms with Crippen LogP contribution in [0.3, 0.4) is 0 Å². The number of alkyl carbamates (subject to hydrolysis) is 1. The molecule has 0 aromatic heterocycles. The largest absolute Gasteiger partial charge is 0.444 e. The van der Waals surface area contributed by atoms with E-state index in [1.165, 1.54) is 0 Å². The molecule has 1 aromatic carbocycles. The highest BCUT2D eigenvalue weighted by Crippen LogP contribution is 2.35. The number of carbonyl (C=O) groups is 3. The van der Waals surface area contributed by atoms with Crippen LogP contribution < -0.4 is 10.6 Å². The number of amides is 3. The summed E-state index contributed by atoms with van der Waals surface area (Å²) in [6.45, 7) is 13.7. The van der Waals surface area contributed by atoms with E-state index in [1.54, 1.807) is 25.7 Å². The van der Waals surface area contributed by atoms with Gasteiger partial charge in [-0.1, -0.05) is 51.5 Å². The standard InChI is InChI=1S/C27H43N3O4/c1-8-9-17-28-24(31)23(21-16-11-10-13-19(21)4)30(20-14-12-15-20)25(32)22(18(2)3)29-26(33)34-27(5,6)7/h10-11,13,16,18,20,22-23H,8-9,12,14-15,17H2,1-7H3,(H,28,31)(H,29,33). The Bertz CT molecular complexity index is 843. The van der Waals surface area contributed by atoms with Crippen molar-refractivity contribution in [3.8, 4) is 0 Å². The van der Waals surface area contributed by atoms with Gasteiger partial charge in [0.05, 0.1) is 0 Å². The molecule has 1 fully saturated rings. The van der Waals surface area contributed by atoms with Crippen LogP contribution in [0.25, 0.3) is 0 Å². The van der Waals surface area contributed by atoms with Crippen molar-refractivity contribution in [2.45, 2.75) is 104 Å². The van der Waals surface area contributed by atoms with E-state index in [0.717, 1.165) is 43.2 Å². The summed E-state index contributed by atoms with van der Waals surface area (Å²) in [5.41, 5.74) is 1.10. The molecular formula is C27H43N3O4. The number of aryl methyl sites for hydroxylation is 1. The summed E-state index contributed by atoms with van der Waals surface area (Å²) in [5.74, 6) is -0.601. The van der Waals surface area contributed by atoms with E-state index in [2.05, 4.69) is 17.6 Å². The number of unbranched alkanes of at least 4 members (excludes halogenated alkanes) is 1. The predicted molar refractivity (Wildman–Crippen MR) is 134 cm³/mol. The van der Waals surface area contributed by atoms with Crippen molar-refractivity contribution in [2.75, 3.05) is 6.54 Å². The molecule has 2 atom stereocenters. The van der Waals surface area contributed by atoms with Gasteiger partial charge in [0.2, 0.25) is 11.8 Å². The first-order chi connectivity index (χ1) is 16.0. The molecule has 2 N–H and O–H groups in total. The minimum Gasteiger partial charge on any atom is -0.444 e. The van der Waals surface area contributed by atoms with Crippen molar-refractivity contribution >= 4 is 17.9 Å². The van der Waals surface area contributed by atoms with Crippen molar-refractivity contribution in [3.63, 3.8) is 0 Å². The van der Waals surface area contributed by atoms with E-state index >= 15 is 0 Å². The van der Waals surface area contributed by atoms with Gasteiger partial charge in [-0.3, -0.25) is 9.59 Å². The third-order valence-electron chi connectivity index (χ3n) is 6.17. The lowest BCUT2D eigenvalue weighted by molar-refractivity contribution is -0.148. The SMILES string of the molecule is CCCCNC(=O)C(c1ccccc1C)N(C(=O)C(NC(=O)OC(C)(C)C)C(C)C)C1CCC1. The van der Waals surface area contributed by atoms with Crippen molar-refractivity contribution < 1.29 is 19.1 Å². The van der Waals surface area contributed by atoms with Crippen LogP contribution in [0.4, 0.5) is 4.79 Å². The third-order valence-corrected chi connectivity index (χ3v) is 6.17. The first-order valence-electron chi connectivity index (χ1n) is 12.6. The van der Waals surface area contributed by atoms with Crippen molar-refractivity contribution in [3.05, 3.63) is 35.4 Å². The summed E-state index contributed by atoms with van der Waals surface area (Å²) in [4.78, 5) is 41.9. The molecule has 0 saturated heterocycles. The smallest absolute Gasteiger partial charge is 0.408 e. The Morgan fingerprint density at radius 1 is 1.15 bits per heavy atom. The lowest BCUT2D eigenvalue weighted by Gasteiger charge is -2.44. The van der Waals surface area contributed by atoms with Crippen molar-refractivity contribution in [1.29, 1.82) is 0 Å². The number of benzene rings is 1. The molecule has 7 heteroatoms. The number of nitrogens with one attached hydrogen (secondary N) is 2. The molecule has 7 nitrogen and oxygen atoms in total. The van der Waals surface area contributed by atoms with Gasteiger partial charge in [0.1, 0.15) is 17.7 Å². The Labute approximate surface area is 205 Å². The minimum absolute atomic E-state index is 0.0456. The zero-order valence-corrected chi connectivity index (χ0v) is 21.9. The molecule has 190 valence electrons. The maximum Gasteiger partial charge on any atom is 0.408 e. The van der Waals surface area contributed by atoms with E-state index in [0.29, 0.717) is 6.54 Å². The van der Waals surface area contributed by atoms with E-state index in [1.807, 2.05) is 45.0 Å². The highest BCUT2D eigenvalue weighted by Gasteiger charge is 2.43. The first kappa shape index (κ1) is 27.7. The van der Waals surface area contributed by atoms with Gasteiger partial charge in [-0.15, -0.1) is 0 Å². The van der Waals surface area contributed by atoms with E-state index in [4.69, 9.17) is 4.74 Å². The summed E-state index contributed by atoms with van der Waals surface area (Å²) in [5, 5.41) is 5.83. The molecule has 1 aromatic rings. The average Bonchev–Trinajstić information content (AvgIpc) is 2.69. The van der Waals surface area contributed by atoms with Crippen LogP contribution in [0.15, 0.2) is 24.3 Å². The number of rotatable bonds is 10. The van der Waals surface area contributed by atoms with Crippen molar-refractivity contribution in [1.82, 2.24) is 15.5 Å². The van der Waals surface area contributed by atoms with Crippen LogP contribution in [-0.4, -0.2) is 47.0 Å². The van der Waals surface area contributed by atoms with Crippen LogP contribution in [0.2, 0.25) is 0 Å². The van der Waals surface area contributed by atoms with Crippen LogP contribution in [-0.2, 0) is 14.3 Å². The normalized spacial score (nSPS) is 15.8. The Morgan fingerprint density at radius 3 is 2.29 bits per heavy atom. The fourth-order valence-corrected chi connectivity index (χ4v) is 4.09. The number of hydrogen-bond donors (Lipinski definition) is 2. The van der Waals surface area contributed by atoms with Gasteiger partial charge in [0, 0.05) is 12.6 Å². The van der Waals surface area contributed by atoms with Gasteiger partial charge in [0.15, 0.2) is 0 Å². The molecule has 0 radical (unpaired) electrons. The third kappa shape index (κ3) is 7.47. The molecule has 1 aliphatic carbocycles. The minimum atomic E-state index is -0.801. The summed E-state index contributed by atoms with van der Waals surface area (Å²) >= 11 is 0. The zero-order valence-electron chi connectivity index (χ0n) is 21.9. The summed E-state index contributed by atoms with van der Waals surface area (Å²) in [6, 6.07) is 6.12. The molecule has 0 spiro atoms. The predicted octanol–water partition coefficient (Wildman–Crippen LogP) is 4.88. The van der Waals surface area contributed by atoms with E-state index in [9.17, 15) is 14.4 Å². The number of hydrogen-bond acceptors (Lipinski definition) is 4. The maximum absolute atomic E-state index is 14.1. The van der Waals surface area contributed by atoms with E-state index < -0.39 is 23.8 Å². The molecule has 3 amide bonds. The summed E-state index contributed by atoms with van der Waals surface area (Å²) in [7, 11) is 0. The van der Waals surface area contributed by atoms with Crippen LogP contribution in [0.1, 0.15) is 90.8 Å². The van der Waals surface area contributed by atoms with Gasteiger partial charge in [-0.2, -0.15) is 0 Å². The highest BCUT2D eigenvalue weighted by molar-refractivity contribution is 5.92. The zero-order chi connectivity index (χ0) is 25.5. The molecule has 2 rings (SSSR count). The lowest BCUT2D eigenvalue weighted by atomic mass is 9.86. The van der Waals surface area contributed by atoms with Crippen LogP contribution >= 0.6 is 0 Å². The molecule has 0 bridgehead atoms. The molecule has 0 heterocycles. The summed E-state index contributed by atoms with van der Waals surface area (Å²) < 4.78 is 5.43. The topological polar surface area (TPSA) is 87.7 Å². The van der Waals surface area contributed by atoms with Gasteiger partial charge >= 0.3 is 6.09 Å². The fourth-order valence-electron chi connectivity index (χ4n) is 4.09. The second-order valence-electron chi connectivity index (χ2n) is 10.6. The van der Waals surface area contributed by atoms with Crippen LogP contribution in [0, 0.1) is 12.8 Å². The van der Waals surface area contributed by atoms with Gasteiger partial charge in [-0.25, -0.2) is 4.79 Å². The summed E-state index contributed by atoms with van der Waals surface area (Å²) in [6.07, 6.45) is 3.90. The van der Waals surface area contributed by atoms with Gasteiger partial charge in [-0.05, 0) is 70.4 Å². The highest BCUT2D eigenvalue weighted by atomic mass is 16.6. The van der Waals surface area contributed by atoms with Gasteiger partial charge in [0.25, 0.3) is 0 Å². The Kier molecular flexibility index (Phi) is 9.95. The quantitative estimate of drug-likeness (QED) is 0.474. The molecule has 0 aliphatic heterocycles. The molecule has 1 saturated carbocycles. The number of nitrogens with zero attached hydrogens (tertiary/aromatic N) is 1. The molecular weight excluding hydrogens is 430 g/mol. The Morgan fingerprint density at radius 2 is 1.79 bits per heavy atom. The number of ether oxygens (including phenoxy) is 1. The van der Waals surface area contributed by atoms with Crippen LogP contribution in [0.5, 0.6) is 0 Å². The van der Waals surface area contributed by atoms with E-state index in [-0.39, 0.29) is 23.8 Å². The van der Waals surface area contributed by atoms with Gasteiger partial charge < -0.3 is 20.3 Å². The molecule has 34 heavy (non-hydrogen) atoms.